The molecule has 0 saturated carbocycles. The Hall–Kier alpha value is -1.26. The summed E-state index contributed by atoms with van der Waals surface area (Å²) in [4.78, 5) is 0. The first kappa shape index (κ1) is 11.8. The second-order valence-electron chi connectivity index (χ2n) is 3.04. The van der Waals surface area contributed by atoms with Crippen LogP contribution in [0.3, 0.4) is 0 Å². The first-order valence-corrected chi connectivity index (χ1v) is 4.72. The molecule has 1 aromatic carbocycles. The van der Waals surface area contributed by atoms with Gasteiger partial charge in [-0.1, -0.05) is 6.07 Å². The van der Waals surface area contributed by atoms with Crippen molar-refractivity contribution in [2.45, 2.75) is 6.54 Å². The van der Waals surface area contributed by atoms with Gasteiger partial charge in [0.05, 0.1) is 21.0 Å². The van der Waals surface area contributed by atoms with Gasteiger partial charge in [0, 0.05) is 25.3 Å². The summed E-state index contributed by atoms with van der Waals surface area (Å²) in [5, 5.41) is 3.12. The van der Waals surface area contributed by atoms with Crippen molar-refractivity contribution in [3.63, 3.8) is 0 Å². The molecule has 0 unspecified atom stereocenters. The highest BCUT2D eigenvalue weighted by Crippen LogP contribution is 2.24. The van der Waals surface area contributed by atoms with Crippen molar-refractivity contribution in [1.29, 1.82) is 0 Å². The minimum absolute atomic E-state index is 0.523. The molecular weight excluding hydrogens is 194 g/mol. The highest BCUT2D eigenvalue weighted by molar-refractivity contribution is 5.40. The molecule has 0 aliphatic heterocycles. The quantitative estimate of drug-likeness (QED) is 0.570. The number of hydrogen-bond acceptors (Lipinski definition) is 4. The van der Waals surface area contributed by atoms with Crippen LogP contribution < -0.4 is 14.8 Å². The summed E-state index contributed by atoms with van der Waals surface area (Å²) in [6.45, 7) is 1.23. The van der Waals surface area contributed by atoms with E-state index in [4.69, 9.17) is 14.2 Å². The molecule has 1 aromatic rings. The molecule has 0 saturated heterocycles. The average Bonchev–Trinajstić information content (AvgIpc) is 2.29. The molecule has 0 aliphatic rings. The van der Waals surface area contributed by atoms with Crippen LogP contribution in [0.25, 0.3) is 0 Å². The van der Waals surface area contributed by atoms with Crippen molar-refractivity contribution < 1.29 is 14.2 Å². The van der Waals surface area contributed by atoms with Gasteiger partial charge in [-0.2, -0.15) is 0 Å². The Balaban J connectivity index is 2.69. The Morgan fingerprint density at radius 3 is 2.53 bits per heavy atom. The molecule has 0 fully saturated rings. The minimum atomic E-state index is 0.523. The second kappa shape index (κ2) is 6.27. The Morgan fingerprint density at radius 1 is 1.13 bits per heavy atom. The topological polar surface area (TPSA) is 39.7 Å². The van der Waals surface area contributed by atoms with E-state index in [1.807, 2.05) is 18.2 Å². The SMILES string of the molecule is COCNCc1ccc(OC)cc1OC. The van der Waals surface area contributed by atoms with Crippen LogP contribution in [0.4, 0.5) is 0 Å². The molecule has 0 amide bonds. The zero-order chi connectivity index (χ0) is 11.1. The lowest BCUT2D eigenvalue weighted by Gasteiger charge is -2.10. The maximum absolute atomic E-state index is 5.26. The van der Waals surface area contributed by atoms with Gasteiger partial charge in [-0.25, -0.2) is 0 Å². The molecular formula is C11H17NO3. The summed E-state index contributed by atoms with van der Waals surface area (Å²) in [7, 11) is 4.93. The lowest BCUT2D eigenvalue weighted by Crippen LogP contribution is -2.16. The lowest BCUT2D eigenvalue weighted by molar-refractivity contribution is 0.174. The summed E-state index contributed by atoms with van der Waals surface area (Å²) >= 11 is 0. The van der Waals surface area contributed by atoms with Gasteiger partial charge in [-0.15, -0.1) is 0 Å². The van der Waals surface area contributed by atoms with Gasteiger partial charge in [0.15, 0.2) is 0 Å². The van der Waals surface area contributed by atoms with Crippen LogP contribution in [0.5, 0.6) is 11.5 Å². The molecule has 4 heteroatoms. The molecule has 4 nitrogen and oxygen atoms in total. The molecule has 84 valence electrons. The van der Waals surface area contributed by atoms with Gasteiger partial charge >= 0.3 is 0 Å². The van der Waals surface area contributed by atoms with E-state index in [0.29, 0.717) is 13.3 Å². The summed E-state index contributed by atoms with van der Waals surface area (Å²) in [6, 6.07) is 5.75. The van der Waals surface area contributed by atoms with Crippen molar-refractivity contribution in [3.05, 3.63) is 23.8 Å². The van der Waals surface area contributed by atoms with Crippen LogP contribution in [-0.4, -0.2) is 28.1 Å². The highest BCUT2D eigenvalue weighted by atomic mass is 16.5. The van der Waals surface area contributed by atoms with Crippen molar-refractivity contribution in [2.75, 3.05) is 28.1 Å². The Morgan fingerprint density at radius 2 is 1.93 bits per heavy atom. The molecule has 0 aromatic heterocycles. The summed E-state index contributed by atoms with van der Waals surface area (Å²) < 4.78 is 15.3. The monoisotopic (exact) mass is 211 g/mol. The predicted molar refractivity (Wildman–Crippen MR) is 58.3 cm³/mol. The van der Waals surface area contributed by atoms with E-state index in [2.05, 4.69) is 5.32 Å². The average molecular weight is 211 g/mol. The molecule has 15 heavy (non-hydrogen) atoms. The molecule has 1 N–H and O–H groups in total. The van der Waals surface area contributed by atoms with Crippen molar-refractivity contribution >= 4 is 0 Å². The molecule has 0 heterocycles. The fraction of sp³-hybridized carbons (Fsp3) is 0.455. The Bertz CT molecular complexity index is 302. The molecule has 0 aliphatic carbocycles. The number of rotatable bonds is 6. The van der Waals surface area contributed by atoms with Crippen LogP contribution in [0.1, 0.15) is 5.56 Å². The zero-order valence-electron chi connectivity index (χ0n) is 9.37. The van der Waals surface area contributed by atoms with Crippen LogP contribution in [0, 0.1) is 0 Å². The van der Waals surface area contributed by atoms with Crippen molar-refractivity contribution in [2.24, 2.45) is 0 Å². The number of hydrogen-bond donors (Lipinski definition) is 1. The van der Waals surface area contributed by atoms with Crippen molar-refractivity contribution in [3.8, 4) is 11.5 Å². The van der Waals surface area contributed by atoms with Gasteiger partial charge in [-0.3, -0.25) is 5.32 Å². The van der Waals surface area contributed by atoms with Crippen LogP contribution in [0.2, 0.25) is 0 Å². The first-order valence-electron chi connectivity index (χ1n) is 4.72. The number of methoxy groups -OCH3 is 3. The highest BCUT2D eigenvalue weighted by Gasteiger charge is 2.03. The van der Waals surface area contributed by atoms with Gasteiger partial charge in [0.2, 0.25) is 0 Å². The minimum Gasteiger partial charge on any atom is -0.497 e. The number of benzene rings is 1. The maximum Gasteiger partial charge on any atom is 0.127 e. The van der Waals surface area contributed by atoms with E-state index in [9.17, 15) is 0 Å². The van der Waals surface area contributed by atoms with Crippen LogP contribution >= 0.6 is 0 Å². The zero-order valence-corrected chi connectivity index (χ0v) is 9.37. The van der Waals surface area contributed by atoms with E-state index in [-0.39, 0.29) is 0 Å². The molecule has 0 atom stereocenters. The second-order valence-corrected chi connectivity index (χ2v) is 3.04. The summed E-state index contributed by atoms with van der Waals surface area (Å²) in [5.74, 6) is 1.61. The molecule has 0 radical (unpaired) electrons. The Labute approximate surface area is 90.1 Å². The van der Waals surface area contributed by atoms with Crippen molar-refractivity contribution in [1.82, 2.24) is 5.32 Å². The number of ether oxygens (including phenoxy) is 3. The largest absolute Gasteiger partial charge is 0.497 e. The van der Waals surface area contributed by atoms with E-state index >= 15 is 0 Å². The molecule has 1 rings (SSSR count). The van der Waals surface area contributed by atoms with Gasteiger partial charge in [0.1, 0.15) is 11.5 Å². The van der Waals surface area contributed by atoms with E-state index in [0.717, 1.165) is 17.1 Å². The van der Waals surface area contributed by atoms with Gasteiger partial charge < -0.3 is 14.2 Å². The normalized spacial score (nSPS) is 10.1. The van der Waals surface area contributed by atoms with Crippen LogP contribution in [-0.2, 0) is 11.3 Å². The van der Waals surface area contributed by atoms with E-state index in [1.165, 1.54) is 0 Å². The fourth-order valence-corrected chi connectivity index (χ4v) is 1.29. The Kier molecular flexibility index (Phi) is 4.93. The standard InChI is InChI=1S/C11H17NO3/c1-13-8-12-7-9-4-5-10(14-2)6-11(9)15-3/h4-6,12H,7-8H2,1-3H3. The van der Waals surface area contributed by atoms with Crippen LogP contribution in [0.15, 0.2) is 18.2 Å². The van der Waals surface area contributed by atoms with Gasteiger partial charge in [0.25, 0.3) is 0 Å². The van der Waals surface area contributed by atoms with Gasteiger partial charge in [-0.05, 0) is 6.07 Å². The van der Waals surface area contributed by atoms with E-state index in [1.54, 1.807) is 21.3 Å². The third kappa shape index (κ3) is 3.42. The summed E-state index contributed by atoms with van der Waals surface area (Å²) in [5.41, 5.74) is 1.08. The smallest absolute Gasteiger partial charge is 0.127 e. The predicted octanol–water partition coefficient (Wildman–Crippen LogP) is 1.40. The number of nitrogens with one attached hydrogen (secondary N) is 1. The lowest BCUT2D eigenvalue weighted by atomic mass is 10.2. The van der Waals surface area contributed by atoms with E-state index < -0.39 is 0 Å². The molecule has 0 bridgehead atoms. The summed E-state index contributed by atoms with van der Waals surface area (Å²) in [6.07, 6.45) is 0. The first-order chi connectivity index (χ1) is 7.31. The maximum atomic E-state index is 5.26. The third-order valence-electron chi connectivity index (χ3n) is 2.06. The fourth-order valence-electron chi connectivity index (χ4n) is 1.29. The molecule has 0 spiro atoms. The third-order valence-corrected chi connectivity index (χ3v) is 2.06.